The molecule has 7 aliphatic rings. The van der Waals surface area contributed by atoms with Crippen molar-refractivity contribution in [1.29, 1.82) is 0 Å². The molecule has 2 aromatic rings. The molecule has 1 heterocycles. The first-order valence-corrected chi connectivity index (χ1v) is 19.2. The van der Waals surface area contributed by atoms with E-state index in [0.29, 0.717) is 23.3 Å². The first-order chi connectivity index (χ1) is 22.8. The molecule has 5 unspecified atom stereocenters. The number of benzene rings is 1. The summed E-state index contributed by atoms with van der Waals surface area (Å²) in [5.74, 6) is 3.80. The first-order valence-electron chi connectivity index (χ1n) is 19.2. The van der Waals surface area contributed by atoms with Crippen molar-refractivity contribution in [3.63, 3.8) is 0 Å². The molecule has 6 nitrogen and oxygen atoms in total. The van der Waals surface area contributed by atoms with Crippen molar-refractivity contribution >= 4 is 5.82 Å². The molecule has 0 aliphatic heterocycles. The molecule has 10 atom stereocenters. The predicted octanol–water partition coefficient (Wildman–Crippen LogP) is 8.81. The van der Waals surface area contributed by atoms with Crippen LogP contribution in [0.2, 0.25) is 0 Å². The lowest BCUT2D eigenvalue weighted by atomic mass is 9.44. The number of anilines is 1. The Labute approximate surface area is 297 Å². The summed E-state index contributed by atoms with van der Waals surface area (Å²) in [6, 6.07) is 15.2. The van der Waals surface area contributed by atoms with Crippen LogP contribution in [0.25, 0.3) is 0 Å². The zero-order valence-corrected chi connectivity index (χ0v) is 32.0. The lowest BCUT2D eigenvalue weighted by Crippen LogP contribution is -2.60. The van der Waals surface area contributed by atoms with Crippen LogP contribution in [0.1, 0.15) is 132 Å². The largest absolute Gasteiger partial charge is 0.393 e. The number of nitrogens with zero attached hydrogens (tertiary/aromatic N) is 1. The summed E-state index contributed by atoms with van der Waals surface area (Å²) in [6.45, 7) is 20.6. The van der Waals surface area contributed by atoms with E-state index in [1.165, 1.54) is 44.9 Å². The molecule has 274 valence electrons. The van der Waals surface area contributed by atoms with Gasteiger partial charge in [0.1, 0.15) is 5.82 Å². The second-order valence-electron chi connectivity index (χ2n) is 19.2. The van der Waals surface area contributed by atoms with Gasteiger partial charge in [0.25, 0.3) is 0 Å². The van der Waals surface area contributed by atoms with Gasteiger partial charge in [-0.3, -0.25) is 0 Å². The summed E-state index contributed by atoms with van der Waals surface area (Å²) in [7, 11) is 0. The number of hydrogen-bond acceptors (Lipinski definition) is 6. The lowest BCUT2D eigenvalue weighted by Gasteiger charge is -2.62. The van der Waals surface area contributed by atoms with E-state index in [2.05, 4.69) is 65.7 Å². The van der Waals surface area contributed by atoms with Gasteiger partial charge in [0.15, 0.2) is 0 Å². The van der Waals surface area contributed by atoms with Crippen molar-refractivity contribution in [2.24, 2.45) is 50.7 Å². The van der Waals surface area contributed by atoms with Gasteiger partial charge in [-0.15, -0.1) is 0 Å². The van der Waals surface area contributed by atoms with Crippen LogP contribution in [0.5, 0.6) is 0 Å². The minimum Gasteiger partial charge on any atom is -0.393 e. The third-order valence-electron chi connectivity index (χ3n) is 15.5. The molecule has 0 spiro atoms. The van der Waals surface area contributed by atoms with Crippen molar-refractivity contribution in [1.82, 2.24) is 4.98 Å². The molecule has 9 rings (SSSR count). The van der Waals surface area contributed by atoms with Crippen LogP contribution in [0.4, 0.5) is 5.82 Å². The summed E-state index contributed by atoms with van der Waals surface area (Å²) in [6.07, 6.45) is 12.1. The standard InChI is InChI=1S/C13H14N2O.3C10H18O/c16-12(11-6-2-1-3-7-11)10-15-13-8-4-5-9-14-13;1-9(2)7-4-5-10(3,6-7)8(9)11;1-9(2)7-4-5-10(9,3)8(11)6-7;1-9(2)7-4-5-10(3,11)8(9)6-7/h1-9,12,16H,10H2,(H,14,15);3*7-8,11H,4-6H2,1-3H3/t;7-,8?,10+;7-,8+,10+;/m.11./s1. The zero-order valence-electron chi connectivity index (χ0n) is 32.0. The van der Waals surface area contributed by atoms with Crippen LogP contribution in [-0.4, -0.2) is 49.8 Å². The minimum atomic E-state index is -0.511. The monoisotopic (exact) mass is 677 g/mol. The van der Waals surface area contributed by atoms with Gasteiger partial charge in [-0.05, 0) is 133 Å². The molecule has 0 saturated heterocycles. The molecule has 7 fully saturated rings. The Kier molecular flexibility index (Phi) is 10.8. The molecule has 49 heavy (non-hydrogen) atoms. The quantitative estimate of drug-likeness (QED) is 0.222. The van der Waals surface area contributed by atoms with Gasteiger partial charge in [0.2, 0.25) is 0 Å². The molecule has 5 N–H and O–H groups in total. The first kappa shape index (κ1) is 38.2. The van der Waals surface area contributed by atoms with Crippen molar-refractivity contribution in [2.75, 3.05) is 11.9 Å². The van der Waals surface area contributed by atoms with Gasteiger partial charge in [-0.2, -0.15) is 0 Å². The number of fused-ring (bicyclic) bond motifs is 6. The van der Waals surface area contributed by atoms with Gasteiger partial charge in [0, 0.05) is 12.7 Å². The van der Waals surface area contributed by atoms with E-state index in [4.69, 9.17) is 0 Å². The van der Waals surface area contributed by atoms with E-state index in [1.807, 2.05) is 55.5 Å². The highest BCUT2D eigenvalue weighted by molar-refractivity contribution is 5.34. The molecule has 1 aromatic carbocycles. The molecule has 6 bridgehead atoms. The van der Waals surface area contributed by atoms with Crippen molar-refractivity contribution in [3.8, 4) is 0 Å². The Morgan fingerprint density at radius 2 is 1.39 bits per heavy atom. The van der Waals surface area contributed by atoms with Crippen LogP contribution >= 0.6 is 0 Å². The summed E-state index contributed by atoms with van der Waals surface area (Å²) in [5.41, 5.74) is 2.01. The molecular weight excluding hydrogens is 608 g/mol. The number of aromatic nitrogens is 1. The van der Waals surface area contributed by atoms with E-state index < -0.39 is 6.10 Å². The average Bonchev–Trinajstić information content (AvgIpc) is 3.68. The summed E-state index contributed by atoms with van der Waals surface area (Å²) in [4.78, 5) is 4.12. The molecule has 6 heteroatoms. The fraction of sp³-hybridized carbons (Fsp3) is 0.744. The van der Waals surface area contributed by atoms with Crippen LogP contribution in [0.15, 0.2) is 54.7 Å². The van der Waals surface area contributed by atoms with Crippen molar-refractivity contribution < 1.29 is 20.4 Å². The third-order valence-corrected chi connectivity index (χ3v) is 15.5. The molecule has 1 aromatic heterocycles. The maximum Gasteiger partial charge on any atom is 0.125 e. The highest BCUT2D eigenvalue weighted by Gasteiger charge is 2.61. The Morgan fingerprint density at radius 3 is 1.78 bits per heavy atom. The minimum absolute atomic E-state index is 0.0313. The van der Waals surface area contributed by atoms with E-state index in [1.54, 1.807) is 6.20 Å². The van der Waals surface area contributed by atoms with Crippen molar-refractivity contribution in [3.05, 3.63) is 60.3 Å². The topological polar surface area (TPSA) is 106 Å². The second kappa shape index (κ2) is 13.9. The maximum atomic E-state index is 10.0. The van der Waals surface area contributed by atoms with Gasteiger partial charge in [-0.1, -0.05) is 91.8 Å². The number of rotatable bonds is 4. The molecule has 7 aliphatic carbocycles. The maximum absolute atomic E-state index is 10.0. The van der Waals surface area contributed by atoms with Gasteiger partial charge in [0.05, 0.1) is 23.9 Å². The smallest absolute Gasteiger partial charge is 0.125 e. The summed E-state index contributed by atoms with van der Waals surface area (Å²) >= 11 is 0. The fourth-order valence-electron chi connectivity index (χ4n) is 11.1. The fourth-order valence-corrected chi connectivity index (χ4v) is 11.1. The van der Waals surface area contributed by atoms with Gasteiger partial charge in [-0.25, -0.2) is 4.98 Å². The highest BCUT2D eigenvalue weighted by atomic mass is 16.3. The SMILES string of the molecule is CC1(C)C(O)[C@@]2(C)CC[C@@H]1C2.CC1(C)[C@@H]2CC[C@@]1(C)[C@@H](O)C2.CC1(O)CCC2CC1C2(C)C.OC(CNc1ccccn1)c1ccccc1. The Morgan fingerprint density at radius 1 is 0.755 bits per heavy atom. The number of hydrogen-bond donors (Lipinski definition) is 5. The number of aliphatic hydroxyl groups is 4. The second-order valence-corrected chi connectivity index (χ2v) is 19.2. The van der Waals surface area contributed by atoms with Crippen molar-refractivity contribution in [2.45, 2.75) is 144 Å². The number of nitrogens with one attached hydrogen (secondary N) is 1. The van der Waals surface area contributed by atoms with Crippen LogP contribution in [0, 0.1) is 50.7 Å². The normalized spacial score (nSPS) is 39.9. The van der Waals surface area contributed by atoms with E-state index in [0.717, 1.165) is 42.0 Å². The Bertz CT molecular complexity index is 1360. The van der Waals surface area contributed by atoms with Crippen LogP contribution < -0.4 is 5.32 Å². The summed E-state index contributed by atoms with van der Waals surface area (Å²) in [5, 5.41) is 42.8. The van der Waals surface area contributed by atoms with E-state index in [-0.39, 0.29) is 34.1 Å². The Hall–Kier alpha value is -1.99. The van der Waals surface area contributed by atoms with Gasteiger partial charge < -0.3 is 25.7 Å². The summed E-state index contributed by atoms with van der Waals surface area (Å²) < 4.78 is 0. The Balaban J connectivity index is 0.000000129. The number of aliphatic hydroxyl groups excluding tert-OH is 3. The molecule has 0 radical (unpaired) electrons. The predicted molar refractivity (Wildman–Crippen MR) is 200 cm³/mol. The van der Waals surface area contributed by atoms with Crippen LogP contribution in [0.3, 0.4) is 0 Å². The van der Waals surface area contributed by atoms with E-state index in [9.17, 15) is 20.4 Å². The van der Waals surface area contributed by atoms with Gasteiger partial charge >= 0.3 is 0 Å². The average molecular weight is 677 g/mol. The lowest BCUT2D eigenvalue weighted by molar-refractivity contribution is -0.192. The zero-order chi connectivity index (χ0) is 36.0. The van der Waals surface area contributed by atoms with E-state index >= 15 is 0 Å². The highest BCUT2D eigenvalue weighted by Crippen LogP contribution is 2.65. The van der Waals surface area contributed by atoms with Crippen LogP contribution in [-0.2, 0) is 0 Å². The molecule has 7 saturated carbocycles. The number of pyridine rings is 1. The third kappa shape index (κ3) is 7.23. The molecule has 0 amide bonds. The molecular formula is C43H68N2O4.